The molecule has 0 spiro atoms. The van der Waals surface area contributed by atoms with Crippen LogP contribution >= 0.6 is 0 Å². The maximum atomic E-state index is 12.0. The Balaban J connectivity index is 2.32. The van der Waals surface area contributed by atoms with Crippen LogP contribution in [0.2, 0.25) is 0 Å². The molecule has 0 radical (unpaired) electrons. The first kappa shape index (κ1) is 20.0. The van der Waals surface area contributed by atoms with E-state index in [-0.39, 0.29) is 5.88 Å². The second-order valence-corrected chi connectivity index (χ2v) is 4.81. The van der Waals surface area contributed by atoms with Gasteiger partial charge in [0.25, 0.3) is 0 Å². The van der Waals surface area contributed by atoms with Gasteiger partial charge in [0.15, 0.2) is 12.6 Å². The second kappa shape index (κ2) is 10.7. The highest BCUT2D eigenvalue weighted by Gasteiger charge is 2.28. The van der Waals surface area contributed by atoms with Crippen LogP contribution in [0.1, 0.15) is 18.9 Å². The van der Waals surface area contributed by atoms with Crippen molar-refractivity contribution in [3.05, 3.63) is 23.9 Å². The third kappa shape index (κ3) is 9.19. The van der Waals surface area contributed by atoms with E-state index in [1.54, 1.807) is 13.1 Å². The van der Waals surface area contributed by atoms with Crippen LogP contribution in [0.5, 0.6) is 5.88 Å². The van der Waals surface area contributed by atoms with Crippen LogP contribution in [0.3, 0.4) is 0 Å². The van der Waals surface area contributed by atoms with Gasteiger partial charge >= 0.3 is 6.18 Å². The number of nitrogens with one attached hydrogen (secondary N) is 2. The lowest BCUT2D eigenvalue weighted by atomic mass is 10.3. The molecule has 136 valence electrons. The summed E-state index contributed by atoms with van der Waals surface area (Å²) in [4.78, 5) is 7.92. The first-order chi connectivity index (χ1) is 11.4. The highest BCUT2D eigenvalue weighted by molar-refractivity contribution is 5.79. The molecule has 9 heteroatoms. The lowest BCUT2D eigenvalue weighted by Crippen LogP contribution is -2.37. The predicted octanol–water partition coefficient (Wildman–Crippen LogP) is 2.11. The Hall–Kier alpha value is -2.03. The average Bonchev–Trinajstić information content (AvgIpc) is 2.56. The molecule has 0 saturated heterocycles. The van der Waals surface area contributed by atoms with Crippen molar-refractivity contribution in [1.82, 2.24) is 15.6 Å². The fraction of sp³-hybridized carbons (Fsp3) is 0.600. The first-order valence-corrected chi connectivity index (χ1v) is 7.61. The van der Waals surface area contributed by atoms with Crippen molar-refractivity contribution in [2.75, 3.05) is 33.4 Å². The van der Waals surface area contributed by atoms with Crippen LogP contribution in [0.4, 0.5) is 13.2 Å². The molecule has 0 aliphatic rings. The van der Waals surface area contributed by atoms with Crippen LogP contribution in [0.15, 0.2) is 23.3 Å². The number of rotatable bonds is 9. The lowest BCUT2D eigenvalue weighted by molar-refractivity contribution is -0.154. The standard InChI is InChI=1S/C15H23F3N4O2/c1-3-23-8-4-7-20-14(19-2)22-10-12-5-6-13(21-9-12)24-11-15(16,17)18/h5-6,9H,3-4,7-8,10-11H2,1-2H3,(H2,19,20,22). The number of aromatic nitrogens is 1. The Labute approximate surface area is 139 Å². The fourth-order valence-corrected chi connectivity index (χ4v) is 1.69. The number of pyridine rings is 1. The highest BCUT2D eigenvalue weighted by atomic mass is 19.4. The lowest BCUT2D eigenvalue weighted by Gasteiger charge is -2.12. The van der Waals surface area contributed by atoms with Gasteiger partial charge in [0, 0.05) is 45.6 Å². The van der Waals surface area contributed by atoms with Crippen molar-refractivity contribution in [2.24, 2.45) is 4.99 Å². The molecule has 24 heavy (non-hydrogen) atoms. The van der Waals surface area contributed by atoms with Crippen molar-refractivity contribution in [3.63, 3.8) is 0 Å². The third-order valence-electron chi connectivity index (χ3n) is 2.83. The minimum Gasteiger partial charge on any atom is -0.468 e. The largest absolute Gasteiger partial charge is 0.468 e. The average molecular weight is 348 g/mol. The summed E-state index contributed by atoms with van der Waals surface area (Å²) < 4.78 is 45.9. The third-order valence-corrected chi connectivity index (χ3v) is 2.83. The summed E-state index contributed by atoms with van der Waals surface area (Å²) >= 11 is 0. The molecule has 6 nitrogen and oxygen atoms in total. The van der Waals surface area contributed by atoms with Gasteiger partial charge in [-0.15, -0.1) is 0 Å². The molecule has 0 unspecified atom stereocenters. The Kier molecular flexibility index (Phi) is 8.92. The van der Waals surface area contributed by atoms with Crippen LogP contribution in [-0.2, 0) is 11.3 Å². The van der Waals surface area contributed by atoms with E-state index in [2.05, 4.69) is 25.3 Å². The Morgan fingerprint density at radius 3 is 2.67 bits per heavy atom. The summed E-state index contributed by atoms with van der Waals surface area (Å²) in [5.74, 6) is 0.568. The van der Waals surface area contributed by atoms with Gasteiger partial charge in [-0.25, -0.2) is 4.98 Å². The van der Waals surface area contributed by atoms with Gasteiger partial charge < -0.3 is 20.1 Å². The van der Waals surface area contributed by atoms with E-state index in [4.69, 9.17) is 4.74 Å². The van der Waals surface area contributed by atoms with E-state index in [0.29, 0.717) is 25.7 Å². The number of halogens is 3. The summed E-state index contributed by atoms with van der Waals surface area (Å²) in [5.41, 5.74) is 0.798. The smallest absolute Gasteiger partial charge is 0.422 e. The minimum atomic E-state index is -4.37. The summed E-state index contributed by atoms with van der Waals surface area (Å²) in [5, 5.41) is 6.23. The van der Waals surface area contributed by atoms with Crippen molar-refractivity contribution < 1.29 is 22.6 Å². The molecule has 1 aromatic heterocycles. The monoisotopic (exact) mass is 348 g/mol. The van der Waals surface area contributed by atoms with Gasteiger partial charge in [-0.2, -0.15) is 13.2 Å². The molecule has 0 bridgehead atoms. The predicted molar refractivity (Wildman–Crippen MR) is 85.1 cm³/mol. The Morgan fingerprint density at radius 2 is 2.08 bits per heavy atom. The van der Waals surface area contributed by atoms with Gasteiger partial charge in [0.05, 0.1) is 0 Å². The number of alkyl halides is 3. The molecule has 0 aromatic carbocycles. The van der Waals surface area contributed by atoms with Crippen LogP contribution in [0, 0.1) is 0 Å². The van der Waals surface area contributed by atoms with E-state index in [1.165, 1.54) is 12.3 Å². The van der Waals surface area contributed by atoms with Crippen molar-refractivity contribution >= 4 is 5.96 Å². The zero-order valence-electron chi connectivity index (χ0n) is 13.8. The molecule has 1 rings (SSSR count). The maximum Gasteiger partial charge on any atom is 0.422 e. The molecule has 0 aliphatic carbocycles. The second-order valence-electron chi connectivity index (χ2n) is 4.81. The van der Waals surface area contributed by atoms with E-state index in [9.17, 15) is 13.2 Å². The van der Waals surface area contributed by atoms with Gasteiger partial charge in [-0.1, -0.05) is 6.07 Å². The van der Waals surface area contributed by atoms with E-state index in [1.807, 2.05) is 6.92 Å². The minimum absolute atomic E-state index is 0.0606. The Bertz CT molecular complexity index is 492. The number of ether oxygens (including phenoxy) is 2. The molecule has 0 saturated carbocycles. The molecule has 2 N–H and O–H groups in total. The highest BCUT2D eigenvalue weighted by Crippen LogP contribution is 2.16. The zero-order valence-corrected chi connectivity index (χ0v) is 13.8. The van der Waals surface area contributed by atoms with Gasteiger partial charge in [-0.05, 0) is 18.9 Å². The molecular formula is C15H23F3N4O2. The van der Waals surface area contributed by atoms with E-state index in [0.717, 1.165) is 18.5 Å². The van der Waals surface area contributed by atoms with Crippen LogP contribution in [0.25, 0.3) is 0 Å². The quantitative estimate of drug-likeness (QED) is 0.406. The maximum absolute atomic E-state index is 12.0. The van der Waals surface area contributed by atoms with Crippen molar-refractivity contribution in [2.45, 2.75) is 26.1 Å². The summed E-state index contributed by atoms with van der Waals surface area (Å²) in [7, 11) is 1.66. The van der Waals surface area contributed by atoms with Crippen LogP contribution in [-0.4, -0.2) is 50.5 Å². The van der Waals surface area contributed by atoms with Gasteiger partial charge in [-0.3, -0.25) is 4.99 Å². The van der Waals surface area contributed by atoms with Gasteiger partial charge in [0.1, 0.15) is 0 Å². The van der Waals surface area contributed by atoms with Gasteiger partial charge in [0.2, 0.25) is 5.88 Å². The molecule has 0 fully saturated rings. The SMILES string of the molecule is CCOCCCNC(=NC)NCc1ccc(OCC(F)(F)F)nc1. The molecule has 1 heterocycles. The topological polar surface area (TPSA) is 67.8 Å². The first-order valence-electron chi connectivity index (χ1n) is 7.61. The molecule has 1 aromatic rings. The number of aliphatic imine (C=N–C) groups is 1. The number of hydrogen-bond acceptors (Lipinski definition) is 4. The number of hydrogen-bond donors (Lipinski definition) is 2. The molecular weight excluding hydrogens is 325 g/mol. The fourth-order valence-electron chi connectivity index (χ4n) is 1.69. The molecule has 0 amide bonds. The Morgan fingerprint density at radius 1 is 1.29 bits per heavy atom. The molecule has 0 atom stereocenters. The van der Waals surface area contributed by atoms with E-state index < -0.39 is 12.8 Å². The number of guanidine groups is 1. The molecule has 0 aliphatic heterocycles. The number of nitrogens with zero attached hydrogens (tertiary/aromatic N) is 2. The normalized spacial score (nSPS) is 12.1. The van der Waals surface area contributed by atoms with Crippen molar-refractivity contribution in [1.29, 1.82) is 0 Å². The summed E-state index contributed by atoms with van der Waals surface area (Å²) in [6, 6.07) is 3.05. The van der Waals surface area contributed by atoms with Crippen molar-refractivity contribution in [3.8, 4) is 5.88 Å². The van der Waals surface area contributed by atoms with E-state index >= 15 is 0 Å². The summed E-state index contributed by atoms with van der Waals surface area (Å²) in [6.07, 6.45) is -2.05. The van der Waals surface area contributed by atoms with Crippen LogP contribution < -0.4 is 15.4 Å². The summed E-state index contributed by atoms with van der Waals surface area (Å²) in [6.45, 7) is 3.14. The zero-order chi connectivity index (χ0) is 17.8.